The molecule has 0 saturated carbocycles. The maximum atomic E-state index is 8.41. The van der Waals surface area contributed by atoms with Gasteiger partial charge in [-0.1, -0.05) is 6.92 Å². The predicted molar refractivity (Wildman–Crippen MR) is 25.8 cm³/mol. The van der Waals surface area contributed by atoms with Crippen LogP contribution in [0.15, 0.2) is 0 Å². The lowest BCUT2D eigenvalue weighted by Crippen LogP contribution is -2.29. The van der Waals surface area contributed by atoms with Crippen molar-refractivity contribution in [3.8, 4) is 0 Å². The minimum atomic E-state index is -2.35. The van der Waals surface area contributed by atoms with Crippen LogP contribution in [0.4, 0.5) is 0 Å². The summed E-state index contributed by atoms with van der Waals surface area (Å²) in [5, 5.41) is 24.5. The molecule has 0 aliphatic carbocycles. The molecule has 0 aromatic heterocycles. The van der Waals surface area contributed by atoms with Crippen LogP contribution in [0, 0.1) is 0 Å². The summed E-state index contributed by atoms with van der Waals surface area (Å²) in [7, 11) is 0. The van der Waals surface area contributed by atoms with E-state index in [0.717, 1.165) is 0 Å². The van der Waals surface area contributed by atoms with Crippen LogP contribution in [0.2, 0.25) is 0 Å². The van der Waals surface area contributed by atoms with E-state index in [1.54, 1.807) is 6.92 Å². The molecule has 0 atom stereocenters. The lowest BCUT2D eigenvalue weighted by molar-refractivity contribution is -0.471. The van der Waals surface area contributed by atoms with Crippen LogP contribution in [0.3, 0.4) is 0 Å². The molecule has 0 saturated heterocycles. The second-order valence-corrected chi connectivity index (χ2v) is 1.58. The van der Waals surface area contributed by atoms with Crippen molar-refractivity contribution in [3.63, 3.8) is 0 Å². The van der Waals surface area contributed by atoms with Crippen molar-refractivity contribution < 1.29 is 20.4 Å². The van der Waals surface area contributed by atoms with Crippen LogP contribution in [0.25, 0.3) is 0 Å². The van der Waals surface area contributed by atoms with Gasteiger partial charge in [-0.3, -0.25) is 0 Å². The largest absolute Gasteiger partial charge is 0.342 e. The second kappa shape index (κ2) is 2.99. The van der Waals surface area contributed by atoms with E-state index in [1.807, 2.05) is 0 Å². The summed E-state index contributed by atoms with van der Waals surface area (Å²) >= 11 is 0. The van der Waals surface area contributed by atoms with E-state index in [4.69, 9.17) is 15.5 Å². The highest BCUT2D eigenvalue weighted by atomic mass is 17.2. The lowest BCUT2D eigenvalue weighted by Gasteiger charge is -2.14. The Morgan fingerprint density at radius 3 is 2.12 bits per heavy atom. The first-order valence-electron chi connectivity index (χ1n) is 2.39. The molecule has 0 rings (SSSR count). The molecule has 50 valence electrons. The third kappa shape index (κ3) is 2.92. The summed E-state index contributed by atoms with van der Waals surface area (Å²) in [6.45, 7) is 1.74. The molecule has 0 fully saturated rings. The van der Waals surface area contributed by atoms with E-state index in [1.165, 1.54) is 0 Å². The van der Waals surface area contributed by atoms with Gasteiger partial charge in [0.05, 0.1) is 0 Å². The fourth-order valence-electron chi connectivity index (χ4n) is 0.371. The van der Waals surface area contributed by atoms with Crippen molar-refractivity contribution in [2.75, 3.05) is 0 Å². The highest BCUT2D eigenvalue weighted by Crippen LogP contribution is 2.07. The molecule has 0 aliphatic rings. The number of aliphatic hydroxyl groups is 2. The molecular weight excluding hydrogens is 112 g/mol. The van der Waals surface area contributed by atoms with Gasteiger partial charge in [-0.25, -0.2) is 5.26 Å². The summed E-state index contributed by atoms with van der Waals surface area (Å²) in [6.07, 6.45) is 0.539. The molecule has 8 heavy (non-hydrogen) atoms. The van der Waals surface area contributed by atoms with Crippen molar-refractivity contribution in [1.82, 2.24) is 0 Å². The smallest absolute Gasteiger partial charge is 0.306 e. The van der Waals surface area contributed by atoms with Crippen molar-refractivity contribution in [3.05, 3.63) is 0 Å². The summed E-state index contributed by atoms with van der Waals surface area (Å²) < 4.78 is 0. The number of hydrogen-bond acceptors (Lipinski definition) is 4. The standard InChI is InChI=1S/C4H10O4/c1-2-3-4(5,6)8-7/h5-7H,2-3H2,1H3. The highest BCUT2D eigenvalue weighted by molar-refractivity contribution is 4.43. The molecule has 0 unspecified atom stereocenters. The third-order valence-corrected chi connectivity index (χ3v) is 0.722. The van der Waals surface area contributed by atoms with Crippen LogP contribution in [0.1, 0.15) is 19.8 Å². The zero-order chi connectivity index (χ0) is 6.62. The number of rotatable bonds is 3. The van der Waals surface area contributed by atoms with Gasteiger partial charge in [-0.2, -0.15) is 4.89 Å². The Kier molecular flexibility index (Phi) is 2.93. The molecule has 4 heteroatoms. The van der Waals surface area contributed by atoms with Gasteiger partial charge >= 0.3 is 5.97 Å². The summed E-state index contributed by atoms with van der Waals surface area (Å²) in [4.78, 5) is 3.29. The van der Waals surface area contributed by atoms with Crippen LogP contribution in [-0.4, -0.2) is 21.4 Å². The van der Waals surface area contributed by atoms with E-state index in [-0.39, 0.29) is 6.42 Å². The average molecular weight is 122 g/mol. The van der Waals surface area contributed by atoms with Crippen molar-refractivity contribution >= 4 is 0 Å². The van der Waals surface area contributed by atoms with Gasteiger partial charge in [0.1, 0.15) is 0 Å². The minimum Gasteiger partial charge on any atom is -0.342 e. The van der Waals surface area contributed by atoms with Crippen LogP contribution in [-0.2, 0) is 4.89 Å². The Bertz CT molecular complexity index is 61.1. The second-order valence-electron chi connectivity index (χ2n) is 1.58. The van der Waals surface area contributed by atoms with E-state index in [9.17, 15) is 0 Å². The molecule has 3 N–H and O–H groups in total. The highest BCUT2D eigenvalue weighted by Gasteiger charge is 2.21. The van der Waals surface area contributed by atoms with Crippen molar-refractivity contribution in [2.24, 2.45) is 0 Å². The Labute approximate surface area is 47.3 Å². The Hall–Kier alpha value is -0.160. The zero-order valence-electron chi connectivity index (χ0n) is 4.66. The van der Waals surface area contributed by atoms with Gasteiger partial charge in [0.25, 0.3) is 0 Å². The maximum Gasteiger partial charge on any atom is 0.306 e. The average Bonchev–Trinajstić information content (AvgIpc) is 1.67. The first-order chi connectivity index (χ1) is 3.62. The maximum absolute atomic E-state index is 8.41. The van der Waals surface area contributed by atoms with Gasteiger partial charge in [-0.05, 0) is 6.42 Å². The van der Waals surface area contributed by atoms with E-state index >= 15 is 0 Å². The van der Waals surface area contributed by atoms with Crippen LogP contribution >= 0.6 is 0 Å². The SMILES string of the molecule is CCCC(O)(O)OO. The first-order valence-corrected chi connectivity index (χ1v) is 2.39. The van der Waals surface area contributed by atoms with Crippen LogP contribution in [0.5, 0.6) is 0 Å². The van der Waals surface area contributed by atoms with Crippen molar-refractivity contribution in [2.45, 2.75) is 25.7 Å². The Morgan fingerprint density at radius 1 is 1.50 bits per heavy atom. The van der Waals surface area contributed by atoms with Crippen molar-refractivity contribution in [1.29, 1.82) is 0 Å². The molecule has 4 nitrogen and oxygen atoms in total. The minimum absolute atomic E-state index is 0.00347. The first kappa shape index (κ1) is 7.84. The fraction of sp³-hybridized carbons (Fsp3) is 1.00. The Morgan fingerprint density at radius 2 is 2.00 bits per heavy atom. The molecule has 0 aromatic rings. The quantitative estimate of drug-likeness (QED) is 0.278. The molecule has 0 aliphatic heterocycles. The van der Waals surface area contributed by atoms with Gasteiger partial charge in [0.15, 0.2) is 0 Å². The molecule has 0 spiro atoms. The summed E-state index contributed by atoms with van der Waals surface area (Å²) in [6, 6.07) is 0. The summed E-state index contributed by atoms with van der Waals surface area (Å²) in [5.41, 5.74) is 0. The van der Waals surface area contributed by atoms with E-state index in [2.05, 4.69) is 4.89 Å². The van der Waals surface area contributed by atoms with Gasteiger partial charge in [0.2, 0.25) is 0 Å². The van der Waals surface area contributed by atoms with E-state index < -0.39 is 5.97 Å². The molecule has 0 bridgehead atoms. The van der Waals surface area contributed by atoms with Crippen LogP contribution < -0.4 is 0 Å². The van der Waals surface area contributed by atoms with Gasteiger partial charge in [-0.15, -0.1) is 0 Å². The molecule has 0 heterocycles. The predicted octanol–water partition coefficient (Wildman–Crippen LogP) is -0.0855. The monoisotopic (exact) mass is 122 g/mol. The van der Waals surface area contributed by atoms with Gasteiger partial charge in [0, 0.05) is 6.42 Å². The molecule has 0 aromatic carbocycles. The third-order valence-electron chi connectivity index (χ3n) is 0.722. The number of hydrogen-bond donors (Lipinski definition) is 3. The van der Waals surface area contributed by atoms with E-state index in [0.29, 0.717) is 6.42 Å². The lowest BCUT2D eigenvalue weighted by atomic mass is 10.3. The normalized spacial score (nSPS) is 12.0. The molecule has 0 radical (unpaired) electrons. The fourth-order valence-corrected chi connectivity index (χ4v) is 0.371. The molecular formula is C4H10O4. The molecule has 0 amide bonds. The van der Waals surface area contributed by atoms with Gasteiger partial charge < -0.3 is 10.2 Å². The zero-order valence-corrected chi connectivity index (χ0v) is 4.66. The Balaban J connectivity index is 3.37. The topological polar surface area (TPSA) is 69.9 Å². The summed E-state index contributed by atoms with van der Waals surface area (Å²) in [5.74, 6) is -2.35.